The van der Waals surface area contributed by atoms with E-state index in [4.69, 9.17) is 9.84 Å². The van der Waals surface area contributed by atoms with Gasteiger partial charge < -0.3 is 9.84 Å². The molecular formula is C16H18O2. The van der Waals surface area contributed by atoms with Crippen LogP contribution in [-0.4, -0.2) is 5.11 Å². The van der Waals surface area contributed by atoms with Gasteiger partial charge in [-0.3, -0.25) is 0 Å². The van der Waals surface area contributed by atoms with Gasteiger partial charge in [-0.15, -0.1) is 0 Å². The van der Waals surface area contributed by atoms with Crippen molar-refractivity contribution < 1.29 is 9.84 Å². The molecule has 0 atom stereocenters. The van der Waals surface area contributed by atoms with Crippen molar-refractivity contribution in [3.05, 3.63) is 64.7 Å². The van der Waals surface area contributed by atoms with Crippen LogP contribution in [0.25, 0.3) is 0 Å². The molecule has 0 aromatic heterocycles. The van der Waals surface area contributed by atoms with Crippen LogP contribution < -0.4 is 4.74 Å². The summed E-state index contributed by atoms with van der Waals surface area (Å²) in [5.74, 6) is 0.962. The Morgan fingerprint density at radius 1 is 0.889 bits per heavy atom. The van der Waals surface area contributed by atoms with Gasteiger partial charge in [0.05, 0.1) is 6.61 Å². The zero-order valence-corrected chi connectivity index (χ0v) is 10.8. The number of hydrogen-bond acceptors (Lipinski definition) is 2. The van der Waals surface area contributed by atoms with Crippen LogP contribution in [0.15, 0.2) is 42.5 Å². The molecule has 2 heteroatoms. The molecule has 0 saturated heterocycles. The van der Waals surface area contributed by atoms with Gasteiger partial charge in [0.1, 0.15) is 12.4 Å². The topological polar surface area (TPSA) is 29.5 Å². The Labute approximate surface area is 108 Å². The maximum Gasteiger partial charge on any atom is 0.125 e. The molecule has 2 aromatic carbocycles. The molecule has 1 N–H and O–H groups in total. The summed E-state index contributed by atoms with van der Waals surface area (Å²) in [5, 5.41) is 8.98. The largest absolute Gasteiger partial charge is 0.488 e. The van der Waals surface area contributed by atoms with Gasteiger partial charge in [-0.1, -0.05) is 42.5 Å². The highest BCUT2D eigenvalue weighted by Gasteiger charge is 2.03. The molecule has 0 bridgehead atoms. The molecule has 0 unspecified atom stereocenters. The Hall–Kier alpha value is -1.80. The molecule has 0 aliphatic carbocycles. The van der Waals surface area contributed by atoms with E-state index in [2.05, 4.69) is 26.0 Å². The van der Waals surface area contributed by atoms with Crippen molar-refractivity contribution in [2.45, 2.75) is 27.1 Å². The smallest absolute Gasteiger partial charge is 0.125 e. The molecule has 0 radical (unpaired) electrons. The fraction of sp³-hybridized carbons (Fsp3) is 0.250. The zero-order chi connectivity index (χ0) is 13.0. The third-order valence-corrected chi connectivity index (χ3v) is 3.00. The van der Waals surface area contributed by atoms with Gasteiger partial charge in [-0.2, -0.15) is 0 Å². The summed E-state index contributed by atoms with van der Waals surface area (Å²) in [5.41, 5.74) is 4.34. The Balaban J connectivity index is 2.06. The molecule has 2 rings (SSSR count). The minimum Gasteiger partial charge on any atom is -0.488 e. The first kappa shape index (κ1) is 12.7. The van der Waals surface area contributed by atoms with Crippen molar-refractivity contribution in [1.29, 1.82) is 0 Å². The normalized spacial score (nSPS) is 10.4. The standard InChI is InChI=1S/C16H18O2/c1-12-4-3-5-13(2)16(12)18-11-15-8-6-14(10-17)7-9-15/h3-9,17H,10-11H2,1-2H3. The van der Waals surface area contributed by atoms with Gasteiger partial charge in [0.15, 0.2) is 0 Å². The number of aliphatic hydroxyl groups is 1. The number of benzene rings is 2. The maximum absolute atomic E-state index is 8.98. The molecular weight excluding hydrogens is 224 g/mol. The molecule has 0 fully saturated rings. The van der Waals surface area contributed by atoms with E-state index in [1.807, 2.05) is 30.3 Å². The van der Waals surface area contributed by atoms with Crippen molar-refractivity contribution in [3.63, 3.8) is 0 Å². The van der Waals surface area contributed by atoms with Crippen LogP contribution in [0.5, 0.6) is 5.75 Å². The predicted octanol–water partition coefficient (Wildman–Crippen LogP) is 3.37. The van der Waals surface area contributed by atoms with Crippen molar-refractivity contribution in [2.24, 2.45) is 0 Å². The van der Waals surface area contributed by atoms with Gasteiger partial charge in [0.2, 0.25) is 0 Å². The summed E-state index contributed by atoms with van der Waals surface area (Å²) < 4.78 is 5.86. The fourth-order valence-corrected chi connectivity index (χ4v) is 1.92. The van der Waals surface area contributed by atoms with E-state index in [0.717, 1.165) is 28.0 Å². The van der Waals surface area contributed by atoms with Crippen LogP contribution >= 0.6 is 0 Å². The highest BCUT2D eigenvalue weighted by Crippen LogP contribution is 2.23. The highest BCUT2D eigenvalue weighted by molar-refractivity contribution is 5.39. The van der Waals surface area contributed by atoms with Crippen LogP contribution in [0.2, 0.25) is 0 Å². The van der Waals surface area contributed by atoms with Crippen LogP contribution in [0.4, 0.5) is 0 Å². The number of rotatable bonds is 4. The van der Waals surface area contributed by atoms with E-state index in [1.165, 1.54) is 0 Å². The Morgan fingerprint density at radius 2 is 1.44 bits per heavy atom. The second-order valence-corrected chi connectivity index (χ2v) is 4.48. The Kier molecular flexibility index (Phi) is 4.00. The first-order valence-electron chi connectivity index (χ1n) is 6.08. The van der Waals surface area contributed by atoms with E-state index in [9.17, 15) is 0 Å². The molecule has 2 nitrogen and oxygen atoms in total. The maximum atomic E-state index is 8.98. The number of para-hydroxylation sites is 1. The second kappa shape index (κ2) is 5.69. The second-order valence-electron chi connectivity index (χ2n) is 4.48. The van der Waals surface area contributed by atoms with Crippen LogP contribution in [0, 0.1) is 13.8 Å². The molecule has 0 amide bonds. The highest BCUT2D eigenvalue weighted by atomic mass is 16.5. The summed E-state index contributed by atoms with van der Waals surface area (Å²) in [6.07, 6.45) is 0. The molecule has 0 aliphatic rings. The molecule has 18 heavy (non-hydrogen) atoms. The number of aliphatic hydroxyl groups excluding tert-OH is 1. The summed E-state index contributed by atoms with van der Waals surface area (Å²) in [4.78, 5) is 0. The van der Waals surface area contributed by atoms with Gasteiger partial charge in [-0.05, 0) is 36.1 Å². The molecule has 0 heterocycles. The monoisotopic (exact) mass is 242 g/mol. The quantitative estimate of drug-likeness (QED) is 0.890. The molecule has 0 saturated carbocycles. The Bertz CT molecular complexity index is 495. The predicted molar refractivity (Wildman–Crippen MR) is 72.6 cm³/mol. The fourth-order valence-electron chi connectivity index (χ4n) is 1.92. The Morgan fingerprint density at radius 3 is 2.00 bits per heavy atom. The summed E-state index contributed by atoms with van der Waals surface area (Å²) in [6, 6.07) is 14.0. The van der Waals surface area contributed by atoms with E-state index in [0.29, 0.717) is 6.61 Å². The van der Waals surface area contributed by atoms with Crippen LogP contribution in [0.1, 0.15) is 22.3 Å². The molecule has 2 aromatic rings. The summed E-state index contributed by atoms with van der Waals surface area (Å²) in [6.45, 7) is 4.74. The molecule has 94 valence electrons. The lowest BCUT2D eigenvalue weighted by Crippen LogP contribution is -1.99. The van der Waals surface area contributed by atoms with Crippen molar-refractivity contribution in [3.8, 4) is 5.75 Å². The number of aryl methyl sites for hydroxylation is 2. The van der Waals surface area contributed by atoms with Crippen molar-refractivity contribution >= 4 is 0 Å². The van der Waals surface area contributed by atoms with E-state index < -0.39 is 0 Å². The van der Waals surface area contributed by atoms with Crippen molar-refractivity contribution in [1.82, 2.24) is 0 Å². The minimum absolute atomic E-state index is 0.0814. The molecule has 0 spiro atoms. The lowest BCUT2D eigenvalue weighted by molar-refractivity contribution is 0.281. The summed E-state index contributed by atoms with van der Waals surface area (Å²) in [7, 11) is 0. The van der Waals surface area contributed by atoms with Gasteiger partial charge >= 0.3 is 0 Å². The number of hydrogen-bond donors (Lipinski definition) is 1. The average Bonchev–Trinajstić information content (AvgIpc) is 2.39. The summed E-state index contributed by atoms with van der Waals surface area (Å²) >= 11 is 0. The van der Waals surface area contributed by atoms with Gasteiger partial charge in [-0.25, -0.2) is 0 Å². The SMILES string of the molecule is Cc1cccc(C)c1OCc1ccc(CO)cc1. The minimum atomic E-state index is 0.0814. The lowest BCUT2D eigenvalue weighted by atomic mass is 10.1. The van der Waals surface area contributed by atoms with Crippen LogP contribution in [-0.2, 0) is 13.2 Å². The van der Waals surface area contributed by atoms with E-state index in [1.54, 1.807) is 0 Å². The van der Waals surface area contributed by atoms with E-state index >= 15 is 0 Å². The first-order chi connectivity index (χ1) is 8.70. The third kappa shape index (κ3) is 2.90. The van der Waals surface area contributed by atoms with Gasteiger partial charge in [0.25, 0.3) is 0 Å². The third-order valence-electron chi connectivity index (χ3n) is 3.00. The average molecular weight is 242 g/mol. The first-order valence-corrected chi connectivity index (χ1v) is 6.08. The van der Waals surface area contributed by atoms with Crippen molar-refractivity contribution in [2.75, 3.05) is 0 Å². The lowest BCUT2D eigenvalue weighted by Gasteiger charge is -2.12. The zero-order valence-electron chi connectivity index (χ0n) is 10.8. The molecule has 0 aliphatic heterocycles. The van der Waals surface area contributed by atoms with Crippen LogP contribution in [0.3, 0.4) is 0 Å². The number of ether oxygens (including phenoxy) is 1. The van der Waals surface area contributed by atoms with Gasteiger partial charge in [0, 0.05) is 0 Å². The van der Waals surface area contributed by atoms with E-state index in [-0.39, 0.29) is 6.61 Å².